The van der Waals surface area contributed by atoms with Crippen molar-refractivity contribution in [3.8, 4) is 0 Å². The minimum atomic E-state index is -0.262. The number of hydrogen-bond acceptors (Lipinski definition) is 4. The highest BCUT2D eigenvalue weighted by molar-refractivity contribution is 5.97. The minimum Gasteiger partial charge on any atom is -0.395 e. The summed E-state index contributed by atoms with van der Waals surface area (Å²) in [6.45, 7) is 7.25. The van der Waals surface area contributed by atoms with Crippen LogP contribution in [0.25, 0.3) is 0 Å². The maximum atomic E-state index is 12.1. The molecule has 2 heterocycles. The van der Waals surface area contributed by atoms with Gasteiger partial charge in [-0.15, -0.1) is 0 Å². The summed E-state index contributed by atoms with van der Waals surface area (Å²) >= 11 is 0. The van der Waals surface area contributed by atoms with Gasteiger partial charge in [-0.25, -0.2) is 0 Å². The Hall–Kier alpha value is -1.56. The van der Waals surface area contributed by atoms with Gasteiger partial charge < -0.3 is 15.8 Å². The van der Waals surface area contributed by atoms with Crippen molar-refractivity contribution in [2.45, 2.75) is 45.1 Å². The average Bonchev–Trinajstić information content (AvgIpc) is 2.93. The van der Waals surface area contributed by atoms with Crippen LogP contribution in [0.5, 0.6) is 0 Å². The van der Waals surface area contributed by atoms with Crippen molar-refractivity contribution in [2.24, 2.45) is 0 Å². The zero-order chi connectivity index (χ0) is 14.0. The Morgan fingerprint density at radius 3 is 2.89 bits per heavy atom. The lowest BCUT2D eigenvalue weighted by Gasteiger charge is -2.23. The van der Waals surface area contributed by atoms with Crippen LogP contribution in [0.3, 0.4) is 0 Å². The van der Waals surface area contributed by atoms with Crippen LogP contribution >= 0.6 is 0 Å². The van der Waals surface area contributed by atoms with Gasteiger partial charge in [0.15, 0.2) is 5.69 Å². The van der Waals surface area contributed by atoms with Crippen molar-refractivity contribution < 1.29 is 9.53 Å². The van der Waals surface area contributed by atoms with E-state index in [1.807, 2.05) is 20.8 Å². The summed E-state index contributed by atoms with van der Waals surface area (Å²) in [5, 5.41) is 9.67. The number of aromatic nitrogens is 2. The first-order valence-electron chi connectivity index (χ1n) is 6.69. The fourth-order valence-corrected chi connectivity index (χ4v) is 2.30. The fraction of sp³-hybridized carbons (Fsp3) is 0.692. The van der Waals surface area contributed by atoms with E-state index in [4.69, 9.17) is 10.5 Å². The molecule has 1 fully saturated rings. The molecule has 0 saturated carbocycles. The molecule has 0 aromatic carbocycles. The molecule has 1 atom stereocenters. The van der Waals surface area contributed by atoms with Crippen LogP contribution < -0.4 is 11.1 Å². The first kappa shape index (κ1) is 13.9. The van der Waals surface area contributed by atoms with E-state index in [1.165, 1.54) is 0 Å². The van der Waals surface area contributed by atoms with Crippen molar-refractivity contribution in [1.29, 1.82) is 0 Å². The minimum absolute atomic E-state index is 0.213. The summed E-state index contributed by atoms with van der Waals surface area (Å²) in [7, 11) is 0. The summed E-state index contributed by atoms with van der Waals surface area (Å²) < 4.78 is 5.63. The van der Waals surface area contributed by atoms with Crippen molar-refractivity contribution >= 4 is 11.6 Å². The molecule has 1 unspecified atom stereocenters. The van der Waals surface area contributed by atoms with Crippen LogP contribution in [0.15, 0.2) is 0 Å². The molecule has 0 radical (unpaired) electrons. The number of H-pyrrole nitrogens is 1. The van der Waals surface area contributed by atoms with Crippen LogP contribution in [-0.2, 0) is 4.74 Å². The topological polar surface area (TPSA) is 93.0 Å². The Morgan fingerprint density at radius 2 is 2.37 bits per heavy atom. The van der Waals surface area contributed by atoms with Gasteiger partial charge in [0.1, 0.15) is 0 Å². The lowest BCUT2D eigenvalue weighted by Crippen LogP contribution is -2.40. The summed E-state index contributed by atoms with van der Waals surface area (Å²) in [5.41, 5.74) is 7.18. The maximum Gasteiger partial charge on any atom is 0.274 e. The standard InChI is InChI=1S/C13H22N4O2/c1-8(2)10-9(14)11(17-16-10)12(18)15-7-13(3)5-4-6-19-13/h8H,4-7,14H2,1-3H3,(H,15,18)(H,16,17). The monoisotopic (exact) mass is 266 g/mol. The second-order valence-corrected chi connectivity index (χ2v) is 5.64. The molecule has 1 saturated heterocycles. The Kier molecular flexibility index (Phi) is 3.80. The second-order valence-electron chi connectivity index (χ2n) is 5.64. The third-order valence-electron chi connectivity index (χ3n) is 3.55. The van der Waals surface area contributed by atoms with E-state index in [2.05, 4.69) is 15.5 Å². The molecule has 6 heteroatoms. The highest BCUT2D eigenvalue weighted by Crippen LogP contribution is 2.25. The molecule has 2 rings (SSSR count). The first-order chi connectivity index (χ1) is 8.93. The Balaban J connectivity index is 2.00. The predicted octanol–water partition coefficient (Wildman–Crippen LogP) is 1.41. The average molecular weight is 266 g/mol. The van der Waals surface area contributed by atoms with Crippen LogP contribution in [0.1, 0.15) is 55.7 Å². The van der Waals surface area contributed by atoms with Gasteiger partial charge in [-0.2, -0.15) is 5.10 Å². The zero-order valence-electron chi connectivity index (χ0n) is 11.7. The van der Waals surface area contributed by atoms with Crippen molar-refractivity contribution in [3.05, 3.63) is 11.4 Å². The first-order valence-corrected chi connectivity index (χ1v) is 6.69. The van der Waals surface area contributed by atoms with Crippen molar-refractivity contribution in [2.75, 3.05) is 18.9 Å². The number of amides is 1. The number of ether oxygens (including phenoxy) is 1. The van der Waals surface area contributed by atoms with Crippen LogP contribution in [0.4, 0.5) is 5.69 Å². The number of rotatable bonds is 4. The van der Waals surface area contributed by atoms with Crippen molar-refractivity contribution in [3.63, 3.8) is 0 Å². The van der Waals surface area contributed by atoms with Crippen LogP contribution in [0.2, 0.25) is 0 Å². The molecule has 4 N–H and O–H groups in total. The molecule has 0 aliphatic carbocycles. The molecule has 0 spiro atoms. The summed E-state index contributed by atoms with van der Waals surface area (Å²) in [5.74, 6) is -0.0397. The summed E-state index contributed by atoms with van der Waals surface area (Å²) in [6.07, 6.45) is 2.00. The third-order valence-corrected chi connectivity index (χ3v) is 3.55. The molecule has 1 amide bonds. The number of aromatic amines is 1. The number of nitrogens with one attached hydrogen (secondary N) is 2. The van der Waals surface area contributed by atoms with Gasteiger partial charge in [0.2, 0.25) is 0 Å². The molecular formula is C13H22N4O2. The van der Waals surface area contributed by atoms with E-state index in [0.29, 0.717) is 12.2 Å². The molecule has 0 bridgehead atoms. The van der Waals surface area contributed by atoms with Gasteiger partial charge in [-0.3, -0.25) is 9.89 Å². The number of nitrogens with two attached hydrogens (primary N) is 1. The molecule has 1 aliphatic heterocycles. The van der Waals surface area contributed by atoms with E-state index in [0.717, 1.165) is 25.1 Å². The van der Waals surface area contributed by atoms with Gasteiger partial charge in [0.05, 0.1) is 17.0 Å². The SMILES string of the molecule is CC(C)c1[nH]nc(C(=O)NCC2(C)CCCO2)c1N. The van der Waals surface area contributed by atoms with E-state index in [-0.39, 0.29) is 23.1 Å². The lowest BCUT2D eigenvalue weighted by atomic mass is 10.0. The third kappa shape index (κ3) is 2.89. The largest absolute Gasteiger partial charge is 0.395 e. The number of anilines is 1. The smallest absolute Gasteiger partial charge is 0.274 e. The van der Waals surface area contributed by atoms with Crippen LogP contribution in [-0.4, -0.2) is 34.9 Å². The molecule has 6 nitrogen and oxygen atoms in total. The number of carbonyl (C=O) groups is 1. The number of nitrogens with zero attached hydrogens (tertiary/aromatic N) is 1. The molecule has 1 aliphatic rings. The van der Waals surface area contributed by atoms with E-state index >= 15 is 0 Å². The van der Waals surface area contributed by atoms with E-state index in [1.54, 1.807) is 0 Å². The highest BCUT2D eigenvalue weighted by atomic mass is 16.5. The summed E-state index contributed by atoms with van der Waals surface area (Å²) in [6, 6.07) is 0. The Morgan fingerprint density at radius 1 is 1.63 bits per heavy atom. The van der Waals surface area contributed by atoms with E-state index < -0.39 is 0 Å². The molecule has 1 aromatic heterocycles. The van der Waals surface area contributed by atoms with Crippen LogP contribution in [0, 0.1) is 0 Å². The van der Waals surface area contributed by atoms with Gasteiger partial charge in [-0.1, -0.05) is 13.8 Å². The van der Waals surface area contributed by atoms with Gasteiger partial charge in [0, 0.05) is 13.2 Å². The fourth-order valence-electron chi connectivity index (χ4n) is 2.30. The molecular weight excluding hydrogens is 244 g/mol. The Labute approximate surface area is 113 Å². The molecule has 1 aromatic rings. The van der Waals surface area contributed by atoms with Gasteiger partial charge in [-0.05, 0) is 25.7 Å². The summed E-state index contributed by atoms with van der Waals surface area (Å²) in [4.78, 5) is 12.1. The normalized spacial score (nSPS) is 22.9. The Bertz CT molecular complexity index is 461. The van der Waals surface area contributed by atoms with Gasteiger partial charge in [0.25, 0.3) is 5.91 Å². The van der Waals surface area contributed by atoms with Crippen molar-refractivity contribution in [1.82, 2.24) is 15.5 Å². The lowest BCUT2D eigenvalue weighted by molar-refractivity contribution is 0.0205. The van der Waals surface area contributed by atoms with Gasteiger partial charge >= 0.3 is 0 Å². The number of nitrogen functional groups attached to an aromatic ring is 1. The molecule has 19 heavy (non-hydrogen) atoms. The number of carbonyl (C=O) groups excluding carboxylic acids is 1. The molecule has 106 valence electrons. The maximum absolute atomic E-state index is 12.1. The second kappa shape index (κ2) is 5.21. The predicted molar refractivity (Wildman–Crippen MR) is 73.0 cm³/mol. The zero-order valence-corrected chi connectivity index (χ0v) is 11.7. The quantitative estimate of drug-likeness (QED) is 0.768. The van der Waals surface area contributed by atoms with E-state index in [9.17, 15) is 4.79 Å². The number of hydrogen-bond donors (Lipinski definition) is 3. The highest BCUT2D eigenvalue weighted by Gasteiger charge is 2.30.